The first-order valence-corrected chi connectivity index (χ1v) is 4.33. The fourth-order valence-corrected chi connectivity index (χ4v) is 1.01. The summed E-state index contributed by atoms with van der Waals surface area (Å²) >= 11 is 0. The van der Waals surface area contributed by atoms with Gasteiger partial charge in [0.15, 0.2) is 0 Å². The van der Waals surface area contributed by atoms with Crippen LogP contribution in [-0.2, 0) is 6.54 Å². The van der Waals surface area contributed by atoms with E-state index in [0.29, 0.717) is 12.5 Å². The van der Waals surface area contributed by atoms with Crippen molar-refractivity contribution in [1.29, 1.82) is 0 Å². The van der Waals surface area contributed by atoms with Crippen molar-refractivity contribution >= 4 is 12.4 Å². The summed E-state index contributed by atoms with van der Waals surface area (Å²) in [6.45, 7) is 5.00. The van der Waals surface area contributed by atoms with Crippen LogP contribution in [0.4, 0.5) is 0 Å². The van der Waals surface area contributed by atoms with Gasteiger partial charge in [-0.3, -0.25) is 0 Å². The van der Waals surface area contributed by atoms with Crippen LogP contribution in [0.1, 0.15) is 20.3 Å². The zero-order valence-corrected chi connectivity index (χ0v) is 8.87. The lowest BCUT2D eigenvalue weighted by Gasteiger charge is -2.16. The number of aromatic nitrogens is 3. The number of rotatable bonds is 4. The van der Waals surface area contributed by atoms with Crippen molar-refractivity contribution in [2.45, 2.75) is 32.9 Å². The van der Waals surface area contributed by atoms with Crippen LogP contribution in [0.3, 0.4) is 0 Å². The second-order valence-electron chi connectivity index (χ2n) is 3.13. The lowest BCUT2D eigenvalue weighted by molar-refractivity contribution is 0.361. The highest BCUT2D eigenvalue weighted by Gasteiger charge is 2.11. The summed E-state index contributed by atoms with van der Waals surface area (Å²) in [5, 5.41) is 8.00. The van der Waals surface area contributed by atoms with Gasteiger partial charge in [0.1, 0.15) is 0 Å². The van der Waals surface area contributed by atoms with Crippen LogP contribution in [0.5, 0.6) is 0 Å². The average molecular weight is 205 g/mol. The second kappa shape index (κ2) is 5.94. The van der Waals surface area contributed by atoms with Gasteiger partial charge in [0.2, 0.25) is 0 Å². The van der Waals surface area contributed by atoms with Crippen LogP contribution in [-0.4, -0.2) is 21.0 Å². The molecule has 0 aromatic carbocycles. The predicted octanol–water partition coefficient (Wildman–Crippen LogP) is 1.07. The molecule has 2 atom stereocenters. The van der Waals surface area contributed by atoms with E-state index in [0.717, 1.165) is 6.42 Å². The van der Waals surface area contributed by atoms with E-state index < -0.39 is 0 Å². The minimum absolute atomic E-state index is 0. The first kappa shape index (κ1) is 12.4. The number of hydrogen-bond donors (Lipinski definition) is 1. The van der Waals surface area contributed by atoms with Crippen LogP contribution in [0, 0.1) is 5.92 Å². The Morgan fingerprint density at radius 3 is 2.38 bits per heavy atom. The van der Waals surface area contributed by atoms with Gasteiger partial charge in [-0.1, -0.05) is 20.3 Å². The molecule has 0 amide bonds. The van der Waals surface area contributed by atoms with Crippen molar-refractivity contribution in [3.05, 3.63) is 12.4 Å². The summed E-state index contributed by atoms with van der Waals surface area (Å²) in [7, 11) is 0. The normalized spacial score (nSPS) is 14.7. The summed E-state index contributed by atoms with van der Waals surface area (Å²) < 4.78 is 0. The fraction of sp³-hybridized carbons (Fsp3) is 0.750. The Balaban J connectivity index is 0.00000144. The molecule has 0 aliphatic heterocycles. The van der Waals surface area contributed by atoms with Gasteiger partial charge in [0.25, 0.3) is 0 Å². The van der Waals surface area contributed by atoms with Gasteiger partial charge in [-0.05, 0) is 5.92 Å². The third-order valence-corrected chi connectivity index (χ3v) is 2.22. The van der Waals surface area contributed by atoms with Gasteiger partial charge >= 0.3 is 0 Å². The van der Waals surface area contributed by atoms with Gasteiger partial charge in [-0.15, -0.1) is 12.4 Å². The van der Waals surface area contributed by atoms with Gasteiger partial charge in [-0.25, -0.2) is 0 Å². The van der Waals surface area contributed by atoms with Crippen molar-refractivity contribution in [3.8, 4) is 0 Å². The van der Waals surface area contributed by atoms with E-state index in [-0.39, 0.29) is 18.4 Å². The molecule has 1 aromatic heterocycles. The highest BCUT2D eigenvalue weighted by molar-refractivity contribution is 5.85. The van der Waals surface area contributed by atoms with Gasteiger partial charge in [0, 0.05) is 6.04 Å². The molecule has 0 aliphatic carbocycles. The highest BCUT2D eigenvalue weighted by atomic mass is 35.5. The zero-order chi connectivity index (χ0) is 8.97. The summed E-state index contributed by atoms with van der Waals surface area (Å²) in [6.07, 6.45) is 4.44. The molecule has 0 saturated carbocycles. The minimum Gasteiger partial charge on any atom is -0.326 e. The van der Waals surface area contributed by atoms with Crippen LogP contribution < -0.4 is 5.73 Å². The molecule has 1 rings (SSSR count). The molecule has 1 aromatic rings. The van der Waals surface area contributed by atoms with Crippen molar-refractivity contribution in [2.75, 3.05) is 0 Å². The maximum absolute atomic E-state index is 5.92. The van der Waals surface area contributed by atoms with E-state index >= 15 is 0 Å². The molecule has 2 unspecified atom stereocenters. The maximum atomic E-state index is 5.92. The van der Waals surface area contributed by atoms with Gasteiger partial charge in [0.05, 0.1) is 18.9 Å². The topological polar surface area (TPSA) is 56.7 Å². The first-order chi connectivity index (χ1) is 5.74. The van der Waals surface area contributed by atoms with Crippen molar-refractivity contribution in [3.63, 3.8) is 0 Å². The van der Waals surface area contributed by atoms with E-state index in [9.17, 15) is 0 Å². The molecule has 0 radical (unpaired) electrons. The average Bonchev–Trinajstić information content (AvgIpc) is 2.55. The summed E-state index contributed by atoms with van der Waals surface area (Å²) in [5.74, 6) is 0.524. The molecule has 0 bridgehead atoms. The largest absolute Gasteiger partial charge is 0.326 e. The molecule has 0 saturated heterocycles. The third-order valence-electron chi connectivity index (χ3n) is 2.22. The Morgan fingerprint density at radius 1 is 1.38 bits per heavy atom. The van der Waals surface area contributed by atoms with Gasteiger partial charge < -0.3 is 5.73 Å². The third kappa shape index (κ3) is 3.74. The zero-order valence-electron chi connectivity index (χ0n) is 8.05. The summed E-state index contributed by atoms with van der Waals surface area (Å²) in [5.41, 5.74) is 5.92. The monoisotopic (exact) mass is 204 g/mol. The van der Waals surface area contributed by atoms with Crippen LogP contribution in [0.25, 0.3) is 0 Å². The lowest BCUT2D eigenvalue weighted by Crippen LogP contribution is -2.33. The van der Waals surface area contributed by atoms with Gasteiger partial charge in [-0.2, -0.15) is 15.0 Å². The van der Waals surface area contributed by atoms with E-state index in [1.54, 1.807) is 17.2 Å². The molecule has 5 heteroatoms. The molecule has 13 heavy (non-hydrogen) atoms. The van der Waals surface area contributed by atoms with Crippen molar-refractivity contribution in [2.24, 2.45) is 11.7 Å². The summed E-state index contributed by atoms with van der Waals surface area (Å²) in [4.78, 5) is 1.64. The Labute approximate surface area is 84.9 Å². The molecule has 4 nitrogen and oxygen atoms in total. The first-order valence-electron chi connectivity index (χ1n) is 4.33. The minimum atomic E-state index is 0. The SMILES string of the molecule is CCC(C)C(N)Cn1nccn1.Cl. The smallest absolute Gasteiger partial charge is 0.0760 e. The molecule has 1 heterocycles. The van der Waals surface area contributed by atoms with Crippen LogP contribution in [0.15, 0.2) is 12.4 Å². The van der Waals surface area contributed by atoms with E-state index in [4.69, 9.17) is 5.73 Å². The Hall–Kier alpha value is -0.610. The Kier molecular flexibility index (Phi) is 5.66. The number of halogens is 1. The van der Waals surface area contributed by atoms with Crippen LogP contribution in [0.2, 0.25) is 0 Å². The molecular formula is C8H17ClN4. The van der Waals surface area contributed by atoms with Crippen molar-refractivity contribution < 1.29 is 0 Å². The van der Waals surface area contributed by atoms with Crippen LogP contribution >= 0.6 is 12.4 Å². The lowest BCUT2D eigenvalue weighted by atomic mass is 10.0. The molecule has 0 spiro atoms. The second-order valence-corrected chi connectivity index (χ2v) is 3.13. The maximum Gasteiger partial charge on any atom is 0.0760 e. The molecule has 76 valence electrons. The van der Waals surface area contributed by atoms with E-state index in [1.807, 2.05) is 0 Å². The number of nitrogens with two attached hydrogens (primary N) is 1. The molecular weight excluding hydrogens is 188 g/mol. The molecule has 0 aliphatic rings. The Morgan fingerprint density at radius 2 is 1.92 bits per heavy atom. The van der Waals surface area contributed by atoms with E-state index in [2.05, 4.69) is 24.0 Å². The number of hydrogen-bond acceptors (Lipinski definition) is 3. The summed E-state index contributed by atoms with van der Waals surface area (Å²) in [6, 6.07) is 0.155. The van der Waals surface area contributed by atoms with Crippen molar-refractivity contribution in [1.82, 2.24) is 15.0 Å². The highest BCUT2D eigenvalue weighted by Crippen LogP contribution is 2.05. The Bertz CT molecular complexity index is 212. The quantitative estimate of drug-likeness (QED) is 0.799. The fourth-order valence-electron chi connectivity index (χ4n) is 1.01. The molecule has 0 fully saturated rings. The standard InChI is InChI=1S/C8H16N4.ClH/c1-3-7(2)8(9)6-12-10-4-5-11-12;/h4-5,7-8H,3,6,9H2,1-2H3;1H. The molecule has 2 N–H and O–H groups in total. The predicted molar refractivity (Wildman–Crippen MR) is 54.7 cm³/mol. The number of nitrogens with zero attached hydrogens (tertiary/aromatic N) is 3. The van der Waals surface area contributed by atoms with E-state index in [1.165, 1.54) is 0 Å².